The van der Waals surface area contributed by atoms with E-state index in [1.165, 1.54) is 62.4 Å². The van der Waals surface area contributed by atoms with Crippen molar-refractivity contribution in [2.24, 2.45) is 0 Å². The van der Waals surface area contributed by atoms with Crippen LogP contribution < -0.4 is 9.47 Å². The fourth-order valence-corrected chi connectivity index (χ4v) is 2.97. The van der Waals surface area contributed by atoms with Gasteiger partial charge in [-0.05, 0) is 37.1 Å². The number of ether oxygens (including phenoxy) is 2. The van der Waals surface area contributed by atoms with Gasteiger partial charge in [-0.25, -0.2) is 22.8 Å². The van der Waals surface area contributed by atoms with E-state index in [9.17, 15) is 22.8 Å². The minimum absolute atomic E-state index is 0.0596. The molecular weight excluding hydrogens is 421 g/mol. The van der Waals surface area contributed by atoms with Crippen molar-refractivity contribution in [3.63, 3.8) is 0 Å². The lowest BCUT2D eigenvalue weighted by molar-refractivity contribution is -0.129. The smallest absolute Gasteiger partial charge is 0.343 e. The first-order valence-corrected chi connectivity index (χ1v) is 10.8. The number of carbonyl (C=O) groups is 2. The molecule has 0 aliphatic rings. The van der Waals surface area contributed by atoms with Crippen molar-refractivity contribution in [1.29, 1.82) is 0 Å². The Morgan fingerprint density at radius 1 is 0.812 bits per heavy atom. The molecule has 0 fully saturated rings. The second kappa shape index (κ2) is 13.3. The summed E-state index contributed by atoms with van der Waals surface area (Å²) in [4.78, 5) is 23.9. The first-order valence-electron chi connectivity index (χ1n) is 10.8. The molecule has 0 aromatic heterocycles. The molecule has 0 radical (unpaired) electrons. The van der Waals surface area contributed by atoms with E-state index in [0.29, 0.717) is 12.1 Å². The molecule has 0 spiro atoms. The SMILES string of the molecule is CCCCCCCCCC=CC(=O)Oc1ccc(C(=O)Oc2cc(F)c(F)c(F)c2)cc1. The third-order valence-corrected chi connectivity index (χ3v) is 4.70. The first kappa shape index (κ1) is 25.2. The summed E-state index contributed by atoms with van der Waals surface area (Å²) in [6, 6.07) is 6.61. The van der Waals surface area contributed by atoms with E-state index < -0.39 is 35.1 Å². The van der Waals surface area contributed by atoms with Crippen LogP contribution >= 0.6 is 0 Å². The summed E-state index contributed by atoms with van der Waals surface area (Å²) in [5, 5.41) is 0. The number of hydrogen-bond acceptors (Lipinski definition) is 4. The number of unbranched alkanes of at least 4 members (excludes halogenated alkanes) is 7. The standard InChI is InChI=1S/C25H27F3O4/c1-2-3-4-5-6-7-8-9-10-11-23(29)31-19-14-12-18(13-15-19)25(30)32-20-16-21(26)24(28)22(27)17-20/h10-17H,2-9H2,1H3. The Kier molecular flexibility index (Phi) is 10.5. The second-order valence-corrected chi connectivity index (χ2v) is 7.35. The molecule has 0 heterocycles. The fourth-order valence-electron chi connectivity index (χ4n) is 2.97. The van der Waals surface area contributed by atoms with E-state index in [1.54, 1.807) is 6.08 Å². The predicted molar refractivity (Wildman–Crippen MR) is 115 cm³/mol. The summed E-state index contributed by atoms with van der Waals surface area (Å²) in [6.45, 7) is 2.19. The Morgan fingerprint density at radius 3 is 2.03 bits per heavy atom. The lowest BCUT2D eigenvalue weighted by Crippen LogP contribution is -2.10. The van der Waals surface area contributed by atoms with Gasteiger partial charge in [0, 0.05) is 18.2 Å². The van der Waals surface area contributed by atoms with Crippen molar-refractivity contribution < 1.29 is 32.2 Å². The van der Waals surface area contributed by atoms with Gasteiger partial charge in [0.05, 0.1) is 5.56 Å². The summed E-state index contributed by atoms with van der Waals surface area (Å²) in [5.74, 6) is -6.24. The molecule has 2 rings (SSSR count). The molecule has 2 aromatic carbocycles. The van der Waals surface area contributed by atoms with Crippen molar-refractivity contribution in [2.45, 2.75) is 58.3 Å². The van der Waals surface area contributed by atoms with Crippen LogP contribution in [-0.2, 0) is 4.79 Å². The Morgan fingerprint density at radius 2 is 1.41 bits per heavy atom. The van der Waals surface area contributed by atoms with Gasteiger partial charge in [0.25, 0.3) is 0 Å². The zero-order valence-electron chi connectivity index (χ0n) is 18.0. The molecule has 4 nitrogen and oxygen atoms in total. The Bertz CT molecular complexity index is 900. The zero-order chi connectivity index (χ0) is 23.3. The van der Waals surface area contributed by atoms with Crippen LogP contribution in [0.3, 0.4) is 0 Å². The van der Waals surface area contributed by atoms with Crippen LogP contribution in [0.2, 0.25) is 0 Å². The molecule has 2 aromatic rings. The van der Waals surface area contributed by atoms with Gasteiger partial charge in [0.1, 0.15) is 11.5 Å². The van der Waals surface area contributed by atoms with Crippen LogP contribution in [0.1, 0.15) is 68.6 Å². The van der Waals surface area contributed by atoms with Crippen LogP contribution in [0.25, 0.3) is 0 Å². The number of carbonyl (C=O) groups excluding carboxylic acids is 2. The summed E-state index contributed by atoms with van der Waals surface area (Å²) in [5.41, 5.74) is 0.0596. The van der Waals surface area contributed by atoms with Gasteiger partial charge in [-0.15, -0.1) is 0 Å². The summed E-state index contributed by atoms with van der Waals surface area (Å²) < 4.78 is 49.4. The molecule has 7 heteroatoms. The molecule has 0 amide bonds. The van der Waals surface area contributed by atoms with Crippen molar-refractivity contribution in [3.8, 4) is 11.5 Å². The van der Waals surface area contributed by atoms with E-state index in [-0.39, 0.29) is 11.3 Å². The molecule has 0 aliphatic carbocycles. The van der Waals surface area contributed by atoms with Crippen LogP contribution in [0.4, 0.5) is 13.2 Å². The van der Waals surface area contributed by atoms with E-state index >= 15 is 0 Å². The second-order valence-electron chi connectivity index (χ2n) is 7.35. The van der Waals surface area contributed by atoms with E-state index in [0.717, 1.165) is 19.3 Å². The minimum atomic E-state index is -1.65. The van der Waals surface area contributed by atoms with E-state index in [2.05, 4.69) is 6.92 Å². The highest BCUT2D eigenvalue weighted by Gasteiger charge is 2.15. The van der Waals surface area contributed by atoms with Crippen LogP contribution in [0, 0.1) is 17.5 Å². The molecule has 0 atom stereocenters. The summed E-state index contributed by atoms with van der Waals surface area (Å²) in [7, 11) is 0. The molecule has 0 bridgehead atoms. The van der Waals surface area contributed by atoms with Gasteiger partial charge in [0.15, 0.2) is 17.5 Å². The van der Waals surface area contributed by atoms with Crippen molar-refractivity contribution in [1.82, 2.24) is 0 Å². The molecule has 0 saturated heterocycles. The predicted octanol–water partition coefficient (Wildman–Crippen LogP) is 6.93. The van der Waals surface area contributed by atoms with Crippen molar-refractivity contribution in [2.75, 3.05) is 0 Å². The normalized spacial score (nSPS) is 11.0. The Labute approximate surface area is 186 Å². The number of rotatable bonds is 12. The maximum absolute atomic E-state index is 13.2. The van der Waals surface area contributed by atoms with E-state index in [1.807, 2.05) is 0 Å². The highest BCUT2D eigenvalue weighted by Crippen LogP contribution is 2.21. The molecule has 32 heavy (non-hydrogen) atoms. The van der Waals surface area contributed by atoms with Gasteiger partial charge in [-0.3, -0.25) is 0 Å². The lowest BCUT2D eigenvalue weighted by Gasteiger charge is -2.06. The van der Waals surface area contributed by atoms with Gasteiger partial charge in [-0.1, -0.05) is 51.5 Å². The zero-order valence-corrected chi connectivity index (χ0v) is 18.0. The average Bonchev–Trinajstić information content (AvgIpc) is 2.76. The molecular formula is C25H27F3O4. The van der Waals surface area contributed by atoms with Crippen molar-refractivity contribution >= 4 is 11.9 Å². The average molecular weight is 448 g/mol. The lowest BCUT2D eigenvalue weighted by atomic mass is 10.1. The molecule has 0 aliphatic heterocycles. The Hall–Kier alpha value is -3.09. The highest BCUT2D eigenvalue weighted by atomic mass is 19.2. The highest BCUT2D eigenvalue weighted by molar-refractivity contribution is 5.91. The maximum atomic E-state index is 13.2. The number of halogens is 3. The largest absolute Gasteiger partial charge is 0.423 e. The first-order chi connectivity index (χ1) is 15.4. The van der Waals surface area contributed by atoms with Gasteiger partial charge < -0.3 is 9.47 Å². The van der Waals surface area contributed by atoms with Crippen LogP contribution in [-0.4, -0.2) is 11.9 Å². The van der Waals surface area contributed by atoms with Crippen LogP contribution in [0.5, 0.6) is 11.5 Å². The molecule has 0 saturated carbocycles. The summed E-state index contributed by atoms with van der Waals surface area (Å²) in [6.07, 6.45) is 12.4. The number of benzene rings is 2. The van der Waals surface area contributed by atoms with Gasteiger partial charge in [-0.2, -0.15) is 0 Å². The third kappa shape index (κ3) is 8.57. The van der Waals surface area contributed by atoms with E-state index in [4.69, 9.17) is 9.47 Å². The number of allylic oxidation sites excluding steroid dienone is 1. The Balaban J connectivity index is 1.76. The number of esters is 2. The molecule has 0 N–H and O–H groups in total. The van der Waals surface area contributed by atoms with Crippen LogP contribution in [0.15, 0.2) is 48.6 Å². The minimum Gasteiger partial charge on any atom is -0.423 e. The van der Waals surface area contributed by atoms with Gasteiger partial charge in [0.2, 0.25) is 0 Å². The summed E-state index contributed by atoms with van der Waals surface area (Å²) >= 11 is 0. The monoisotopic (exact) mass is 448 g/mol. The number of hydrogen-bond donors (Lipinski definition) is 0. The van der Waals surface area contributed by atoms with Gasteiger partial charge >= 0.3 is 11.9 Å². The molecule has 0 unspecified atom stereocenters. The quantitative estimate of drug-likeness (QED) is 0.116. The maximum Gasteiger partial charge on any atom is 0.343 e. The topological polar surface area (TPSA) is 52.6 Å². The third-order valence-electron chi connectivity index (χ3n) is 4.70. The molecule has 172 valence electrons. The van der Waals surface area contributed by atoms with Crippen molar-refractivity contribution in [3.05, 3.63) is 71.6 Å². The fraction of sp³-hybridized carbons (Fsp3) is 0.360.